The predicted octanol–water partition coefficient (Wildman–Crippen LogP) is 6.35. The summed E-state index contributed by atoms with van der Waals surface area (Å²) in [4.78, 5) is 12.3. The molecule has 0 aliphatic rings. The first-order valence-corrected chi connectivity index (χ1v) is 11.9. The van der Waals surface area contributed by atoms with Crippen molar-refractivity contribution < 1.29 is 18.7 Å². The summed E-state index contributed by atoms with van der Waals surface area (Å²) >= 11 is 3.51. The Hall–Kier alpha value is -4.22. The Morgan fingerprint density at radius 1 is 1.08 bits per heavy atom. The highest BCUT2D eigenvalue weighted by Crippen LogP contribution is 2.34. The van der Waals surface area contributed by atoms with Crippen LogP contribution in [0.5, 0.6) is 11.5 Å². The zero-order valence-corrected chi connectivity index (χ0v) is 20.9. The number of benzene rings is 4. The van der Waals surface area contributed by atoms with Crippen LogP contribution in [-0.2, 0) is 6.61 Å². The van der Waals surface area contributed by atoms with Crippen LogP contribution in [0.1, 0.15) is 34.0 Å². The number of ether oxygens (including phenoxy) is 2. The molecule has 0 atom stereocenters. The molecule has 6 nitrogen and oxygen atoms in total. The van der Waals surface area contributed by atoms with Gasteiger partial charge in [-0.05, 0) is 69.5 Å². The number of hydrazone groups is 1. The average molecular weight is 546 g/mol. The summed E-state index contributed by atoms with van der Waals surface area (Å²) in [6, 6.07) is 23.1. The number of hydrogen-bond donors (Lipinski definition) is 1. The van der Waals surface area contributed by atoms with E-state index in [4.69, 9.17) is 14.7 Å². The van der Waals surface area contributed by atoms with Crippen molar-refractivity contribution in [1.82, 2.24) is 5.43 Å². The molecule has 0 aliphatic heterocycles. The van der Waals surface area contributed by atoms with E-state index < -0.39 is 11.7 Å². The lowest BCUT2D eigenvalue weighted by Gasteiger charge is -2.15. The van der Waals surface area contributed by atoms with E-state index in [9.17, 15) is 9.18 Å². The fourth-order valence-corrected chi connectivity index (χ4v) is 4.02. The third kappa shape index (κ3) is 5.70. The molecule has 0 saturated carbocycles. The molecule has 0 fully saturated rings. The maximum atomic E-state index is 14.1. The second-order valence-corrected chi connectivity index (χ2v) is 8.54. The van der Waals surface area contributed by atoms with Crippen molar-refractivity contribution in [2.75, 3.05) is 6.61 Å². The molecule has 4 aromatic carbocycles. The van der Waals surface area contributed by atoms with Gasteiger partial charge < -0.3 is 9.47 Å². The fourth-order valence-electron chi connectivity index (χ4n) is 3.59. The first-order valence-electron chi connectivity index (χ1n) is 11.1. The average Bonchev–Trinajstić information content (AvgIpc) is 2.89. The second kappa shape index (κ2) is 11.5. The second-order valence-electron chi connectivity index (χ2n) is 7.69. The molecule has 0 aromatic heterocycles. The lowest BCUT2D eigenvalue weighted by atomic mass is 10.1. The van der Waals surface area contributed by atoms with Gasteiger partial charge in [-0.25, -0.2) is 9.82 Å². The van der Waals surface area contributed by atoms with Crippen LogP contribution in [0.15, 0.2) is 82.4 Å². The van der Waals surface area contributed by atoms with Crippen LogP contribution in [0.3, 0.4) is 0 Å². The van der Waals surface area contributed by atoms with E-state index in [0.717, 1.165) is 22.4 Å². The highest BCUT2D eigenvalue weighted by Gasteiger charge is 2.13. The minimum atomic E-state index is -0.797. The van der Waals surface area contributed by atoms with Gasteiger partial charge in [0.05, 0.1) is 30.0 Å². The Labute approximate surface area is 216 Å². The van der Waals surface area contributed by atoms with Crippen molar-refractivity contribution in [1.29, 1.82) is 5.26 Å². The molecule has 0 heterocycles. The normalized spacial score (nSPS) is 10.8. The van der Waals surface area contributed by atoms with E-state index >= 15 is 0 Å². The number of nitriles is 1. The van der Waals surface area contributed by atoms with E-state index in [1.54, 1.807) is 12.1 Å². The molecule has 36 heavy (non-hydrogen) atoms. The maximum Gasteiger partial charge on any atom is 0.274 e. The minimum absolute atomic E-state index is 0.127. The number of amides is 1. The van der Waals surface area contributed by atoms with Gasteiger partial charge in [-0.2, -0.15) is 10.4 Å². The van der Waals surface area contributed by atoms with Crippen LogP contribution in [0.25, 0.3) is 10.8 Å². The van der Waals surface area contributed by atoms with E-state index in [1.165, 1.54) is 18.3 Å². The molecular weight excluding hydrogens is 525 g/mol. The summed E-state index contributed by atoms with van der Waals surface area (Å²) in [6.45, 7) is 2.65. The van der Waals surface area contributed by atoms with Crippen molar-refractivity contribution in [2.45, 2.75) is 13.5 Å². The SMILES string of the molecule is CCOc1cc(/C=N\NC(=O)c2ccc(C#N)cc2F)c(Br)cc1OCc1cccc2ccccc12. The number of carbonyl (C=O) groups is 1. The topological polar surface area (TPSA) is 83.7 Å². The Balaban J connectivity index is 1.50. The fraction of sp³-hybridized carbons (Fsp3) is 0.107. The van der Waals surface area contributed by atoms with Gasteiger partial charge in [0.1, 0.15) is 12.4 Å². The number of hydrogen-bond acceptors (Lipinski definition) is 5. The summed E-state index contributed by atoms with van der Waals surface area (Å²) in [5.41, 5.74) is 3.89. The summed E-state index contributed by atoms with van der Waals surface area (Å²) < 4.78 is 26.6. The largest absolute Gasteiger partial charge is 0.490 e. The van der Waals surface area contributed by atoms with Gasteiger partial charge in [0.2, 0.25) is 0 Å². The van der Waals surface area contributed by atoms with Crippen LogP contribution in [0.2, 0.25) is 0 Å². The third-order valence-electron chi connectivity index (χ3n) is 5.34. The third-order valence-corrected chi connectivity index (χ3v) is 6.03. The van der Waals surface area contributed by atoms with Gasteiger partial charge in [0.25, 0.3) is 5.91 Å². The Morgan fingerprint density at radius 2 is 1.86 bits per heavy atom. The van der Waals surface area contributed by atoms with Gasteiger partial charge in [0.15, 0.2) is 11.5 Å². The van der Waals surface area contributed by atoms with Gasteiger partial charge in [-0.3, -0.25) is 4.79 Å². The standard InChI is InChI=1S/C28H21BrFN3O3/c1-2-35-26-13-21(16-32-33-28(34)23-11-10-18(15-31)12-25(23)30)24(29)14-27(26)36-17-20-8-5-7-19-6-3-4-9-22(19)20/h3-14,16H,2,17H2,1H3,(H,33,34)/b32-16-. The smallest absolute Gasteiger partial charge is 0.274 e. The molecule has 4 rings (SSSR count). The van der Waals surface area contributed by atoms with E-state index in [2.05, 4.69) is 44.7 Å². The molecule has 0 aliphatic carbocycles. The van der Waals surface area contributed by atoms with E-state index in [1.807, 2.05) is 37.3 Å². The van der Waals surface area contributed by atoms with Crippen LogP contribution in [-0.4, -0.2) is 18.7 Å². The predicted molar refractivity (Wildman–Crippen MR) is 140 cm³/mol. The van der Waals surface area contributed by atoms with Crippen molar-refractivity contribution in [3.8, 4) is 17.6 Å². The van der Waals surface area contributed by atoms with Crippen LogP contribution in [0, 0.1) is 17.1 Å². The first kappa shape index (κ1) is 24.9. The monoisotopic (exact) mass is 545 g/mol. The first-order chi connectivity index (χ1) is 17.5. The number of halogens is 2. The highest BCUT2D eigenvalue weighted by molar-refractivity contribution is 9.10. The number of nitrogens with zero attached hydrogens (tertiary/aromatic N) is 2. The molecule has 0 radical (unpaired) electrons. The van der Waals surface area contributed by atoms with Crippen LogP contribution >= 0.6 is 15.9 Å². The maximum absolute atomic E-state index is 14.1. The van der Waals surface area contributed by atoms with Gasteiger partial charge in [0, 0.05) is 10.0 Å². The van der Waals surface area contributed by atoms with Crippen LogP contribution < -0.4 is 14.9 Å². The summed E-state index contributed by atoms with van der Waals surface area (Å²) in [6.07, 6.45) is 1.42. The summed E-state index contributed by atoms with van der Waals surface area (Å²) in [7, 11) is 0. The van der Waals surface area contributed by atoms with Gasteiger partial charge >= 0.3 is 0 Å². The molecule has 1 amide bonds. The number of fused-ring (bicyclic) bond motifs is 1. The molecule has 4 aromatic rings. The van der Waals surface area contributed by atoms with Gasteiger partial charge in [-0.15, -0.1) is 0 Å². The van der Waals surface area contributed by atoms with Crippen molar-refractivity contribution in [2.24, 2.45) is 5.10 Å². The van der Waals surface area contributed by atoms with Crippen molar-refractivity contribution >= 4 is 38.8 Å². The van der Waals surface area contributed by atoms with Crippen molar-refractivity contribution in [3.05, 3.63) is 105 Å². The van der Waals surface area contributed by atoms with Crippen LogP contribution in [0.4, 0.5) is 4.39 Å². The molecule has 180 valence electrons. The number of nitrogens with one attached hydrogen (secondary N) is 1. The zero-order chi connectivity index (χ0) is 25.5. The summed E-state index contributed by atoms with van der Waals surface area (Å²) in [5.74, 6) is -0.456. The van der Waals surface area contributed by atoms with Gasteiger partial charge in [-0.1, -0.05) is 42.5 Å². The zero-order valence-electron chi connectivity index (χ0n) is 19.3. The number of carbonyl (C=O) groups excluding carboxylic acids is 1. The molecule has 8 heteroatoms. The molecule has 0 saturated heterocycles. The van der Waals surface area contributed by atoms with E-state index in [0.29, 0.717) is 34.7 Å². The number of rotatable bonds is 8. The summed E-state index contributed by atoms with van der Waals surface area (Å²) in [5, 5.41) is 15.0. The Bertz CT molecular complexity index is 1490. The highest BCUT2D eigenvalue weighted by atomic mass is 79.9. The Kier molecular flexibility index (Phi) is 7.93. The molecule has 0 bridgehead atoms. The molecular formula is C28H21BrFN3O3. The lowest BCUT2D eigenvalue weighted by molar-refractivity contribution is 0.0951. The molecule has 0 unspecified atom stereocenters. The quantitative estimate of drug-likeness (QED) is 0.206. The van der Waals surface area contributed by atoms with Crippen molar-refractivity contribution in [3.63, 3.8) is 0 Å². The Morgan fingerprint density at radius 3 is 2.64 bits per heavy atom. The lowest BCUT2D eigenvalue weighted by Crippen LogP contribution is -2.19. The minimum Gasteiger partial charge on any atom is -0.490 e. The molecule has 1 N–H and O–H groups in total. The van der Waals surface area contributed by atoms with E-state index in [-0.39, 0.29) is 11.1 Å². The molecule has 0 spiro atoms.